The molecule has 1 amide bonds. The van der Waals surface area contributed by atoms with Crippen molar-refractivity contribution >= 4 is 35.0 Å². The standard InChI is InChI=1S/C20H22N2O4S/c1-25-20(24)15-7-8-18(22-9-11-26-12-10-22)17(13-15)21-19(23)14-27-16-5-3-2-4-6-16/h2-8,13H,9-12,14H2,1H3,(H,21,23). The Morgan fingerprint density at radius 1 is 1.15 bits per heavy atom. The highest BCUT2D eigenvalue weighted by Crippen LogP contribution is 2.29. The van der Waals surface area contributed by atoms with Gasteiger partial charge in [0.1, 0.15) is 0 Å². The van der Waals surface area contributed by atoms with Crippen LogP contribution in [0.4, 0.5) is 11.4 Å². The smallest absolute Gasteiger partial charge is 0.337 e. The van der Waals surface area contributed by atoms with Gasteiger partial charge in [-0.1, -0.05) is 18.2 Å². The van der Waals surface area contributed by atoms with Crippen molar-refractivity contribution in [3.63, 3.8) is 0 Å². The Hall–Kier alpha value is -2.51. The zero-order valence-corrected chi connectivity index (χ0v) is 16.0. The fourth-order valence-corrected chi connectivity index (χ4v) is 3.53. The lowest BCUT2D eigenvalue weighted by Gasteiger charge is -2.30. The molecule has 0 spiro atoms. The number of carbonyl (C=O) groups is 2. The minimum atomic E-state index is -0.433. The van der Waals surface area contributed by atoms with Gasteiger partial charge in [0.15, 0.2) is 0 Å². The fraction of sp³-hybridized carbons (Fsp3) is 0.300. The number of nitrogens with one attached hydrogen (secondary N) is 1. The maximum Gasteiger partial charge on any atom is 0.337 e. The van der Waals surface area contributed by atoms with Gasteiger partial charge >= 0.3 is 5.97 Å². The number of morpholine rings is 1. The summed E-state index contributed by atoms with van der Waals surface area (Å²) in [7, 11) is 1.34. The molecule has 1 aliphatic rings. The number of hydrogen-bond donors (Lipinski definition) is 1. The molecule has 0 saturated carbocycles. The molecule has 0 aliphatic carbocycles. The normalized spacial score (nSPS) is 13.9. The van der Waals surface area contributed by atoms with Crippen molar-refractivity contribution in [2.75, 3.05) is 49.4 Å². The molecule has 2 aromatic carbocycles. The fourth-order valence-electron chi connectivity index (χ4n) is 2.81. The number of amides is 1. The number of methoxy groups -OCH3 is 1. The number of esters is 1. The first-order valence-corrected chi connectivity index (χ1v) is 9.68. The first-order valence-electron chi connectivity index (χ1n) is 8.70. The number of carbonyl (C=O) groups excluding carboxylic acids is 2. The third-order valence-electron chi connectivity index (χ3n) is 4.16. The van der Waals surface area contributed by atoms with Crippen LogP contribution in [-0.4, -0.2) is 51.0 Å². The highest BCUT2D eigenvalue weighted by atomic mass is 32.2. The van der Waals surface area contributed by atoms with E-state index < -0.39 is 5.97 Å². The maximum absolute atomic E-state index is 12.5. The van der Waals surface area contributed by atoms with Crippen molar-refractivity contribution in [3.05, 3.63) is 54.1 Å². The molecule has 2 aromatic rings. The number of benzene rings is 2. The minimum absolute atomic E-state index is 0.125. The van der Waals surface area contributed by atoms with E-state index in [9.17, 15) is 9.59 Å². The molecule has 1 saturated heterocycles. The van der Waals surface area contributed by atoms with E-state index in [2.05, 4.69) is 10.2 Å². The van der Waals surface area contributed by atoms with Crippen molar-refractivity contribution < 1.29 is 19.1 Å². The Kier molecular flexibility index (Phi) is 6.73. The van der Waals surface area contributed by atoms with E-state index in [1.54, 1.807) is 12.1 Å². The molecular weight excluding hydrogens is 364 g/mol. The molecule has 7 heteroatoms. The number of rotatable bonds is 6. The largest absolute Gasteiger partial charge is 0.465 e. The summed E-state index contributed by atoms with van der Waals surface area (Å²) in [6, 6.07) is 15.0. The molecule has 6 nitrogen and oxygen atoms in total. The highest BCUT2D eigenvalue weighted by molar-refractivity contribution is 8.00. The van der Waals surface area contributed by atoms with Crippen LogP contribution in [0.25, 0.3) is 0 Å². The molecular formula is C20H22N2O4S. The molecule has 3 rings (SSSR count). The molecule has 1 aliphatic heterocycles. The number of nitrogens with zero attached hydrogens (tertiary/aromatic N) is 1. The SMILES string of the molecule is COC(=O)c1ccc(N2CCOCC2)c(NC(=O)CSc2ccccc2)c1. The van der Waals surface area contributed by atoms with Gasteiger partial charge in [-0.3, -0.25) is 4.79 Å². The van der Waals surface area contributed by atoms with Crippen LogP contribution in [0.1, 0.15) is 10.4 Å². The van der Waals surface area contributed by atoms with E-state index in [0.717, 1.165) is 23.7 Å². The van der Waals surface area contributed by atoms with Gasteiger partial charge in [-0.15, -0.1) is 11.8 Å². The summed E-state index contributed by atoms with van der Waals surface area (Å²) in [6.45, 7) is 2.74. The van der Waals surface area contributed by atoms with Crippen molar-refractivity contribution in [2.24, 2.45) is 0 Å². The second-order valence-corrected chi connectivity index (χ2v) is 7.02. The summed E-state index contributed by atoms with van der Waals surface area (Å²) < 4.78 is 10.2. The lowest BCUT2D eigenvalue weighted by Crippen LogP contribution is -2.37. The number of ether oxygens (including phenoxy) is 2. The van der Waals surface area contributed by atoms with Crippen LogP contribution >= 0.6 is 11.8 Å². The van der Waals surface area contributed by atoms with Gasteiger partial charge in [0.2, 0.25) is 5.91 Å². The molecule has 142 valence electrons. The van der Waals surface area contributed by atoms with Crippen molar-refractivity contribution in [1.29, 1.82) is 0 Å². The van der Waals surface area contributed by atoms with Gasteiger partial charge in [0.05, 0.1) is 43.0 Å². The lowest BCUT2D eigenvalue weighted by molar-refractivity contribution is -0.113. The molecule has 1 N–H and O–H groups in total. The third kappa shape index (κ3) is 5.24. The van der Waals surface area contributed by atoms with Crippen molar-refractivity contribution in [1.82, 2.24) is 0 Å². The third-order valence-corrected chi connectivity index (χ3v) is 5.17. The van der Waals surface area contributed by atoms with Crippen LogP contribution in [0.2, 0.25) is 0 Å². The average Bonchev–Trinajstić information content (AvgIpc) is 2.73. The van der Waals surface area contributed by atoms with Gasteiger partial charge in [-0.25, -0.2) is 4.79 Å². The zero-order chi connectivity index (χ0) is 19.1. The molecule has 27 heavy (non-hydrogen) atoms. The quantitative estimate of drug-likeness (QED) is 0.608. The van der Waals surface area contributed by atoms with Gasteiger partial charge < -0.3 is 19.7 Å². The highest BCUT2D eigenvalue weighted by Gasteiger charge is 2.18. The average molecular weight is 386 g/mol. The van der Waals surface area contributed by atoms with E-state index in [1.165, 1.54) is 18.9 Å². The Balaban J connectivity index is 1.75. The van der Waals surface area contributed by atoms with Crippen LogP contribution in [0.3, 0.4) is 0 Å². The topological polar surface area (TPSA) is 67.9 Å². The molecule has 1 fully saturated rings. The first-order chi connectivity index (χ1) is 13.2. The second-order valence-electron chi connectivity index (χ2n) is 5.97. The van der Waals surface area contributed by atoms with Crippen LogP contribution in [0, 0.1) is 0 Å². The number of anilines is 2. The summed E-state index contributed by atoms with van der Waals surface area (Å²) >= 11 is 1.47. The van der Waals surface area contributed by atoms with Gasteiger partial charge in [-0.2, -0.15) is 0 Å². The monoisotopic (exact) mass is 386 g/mol. The molecule has 0 radical (unpaired) electrons. The first kappa shape index (κ1) is 19.3. The molecule has 0 atom stereocenters. The Bertz CT molecular complexity index is 792. The summed E-state index contributed by atoms with van der Waals surface area (Å²) in [5.74, 6) is -0.271. The number of hydrogen-bond acceptors (Lipinski definition) is 6. The molecule has 0 unspecified atom stereocenters. The number of thioether (sulfide) groups is 1. The molecule has 0 bridgehead atoms. The zero-order valence-electron chi connectivity index (χ0n) is 15.1. The van der Waals surface area contributed by atoms with E-state index in [4.69, 9.17) is 9.47 Å². The Morgan fingerprint density at radius 3 is 2.59 bits per heavy atom. The van der Waals surface area contributed by atoms with Crippen LogP contribution < -0.4 is 10.2 Å². The summed E-state index contributed by atoms with van der Waals surface area (Å²) in [4.78, 5) is 27.5. The van der Waals surface area contributed by atoms with Crippen LogP contribution in [0.5, 0.6) is 0 Å². The van der Waals surface area contributed by atoms with Gasteiger partial charge in [-0.05, 0) is 30.3 Å². The van der Waals surface area contributed by atoms with E-state index in [1.807, 2.05) is 36.4 Å². The molecule has 0 aromatic heterocycles. The van der Waals surface area contributed by atoms with E-state index in [0.29, 0.717) is 24.5 Å². The van der Waals surface area contributed by atoms with Crippen LogP contribution in [0.15, 0.2) is 53.4 Å². The minimum Gasteiger partial charge on any atom is -0.465 e. The van der Waals surface area contributed by atoms with Crippen LogP contribution in [-0.2, 0) is 14.3 Å². The maximum atomic E-state index is 12.5. The van der Waals surface area contributed by atoms with Crippen molar-refractivity contribution in [3.8, 4) is 0 Å². The lowest BCUT2D eigenvalue weighted by atomic mass is 10.1. The van der Waals surface area contributed by atoms with E-state index in [-0.39, 0.29) is 11.7 Å². The van der Waals surface area contributed by atoms with E-state index >= 15 is 0 Å². The molecule has 1 heterocycles. The Labute approximate surface area is 162 Å². The van der Waals surface area contributed by atoms with Gasteiger partial charge in [0, 0.05) is 18.0 Å². The predicted molar refractivity (Wildman–Crippen MR) is 107 cm³/mol. The van der Waals surface area contributed by atoms with Gasteiger partial charge in [0.25, 0.3) is 0 Å². The summed E-state index contributed by atoms with van der Waals surface area (Å²) in [5.41, 5.74) is 1.89. The summed E-state index contributed by atoms with van der Waals surface area (Å²) in [6.07, 6.45) is 0. The summed E-state index contributed by atoms with van der Waals surface area (Å²) in [5, 5.41) is 2.95. The second kappa shape index (κ2) is 9.43. The predicted octanol–water partition coefficient (Wildman–Crippen LogP) is 3.04. The Morgan fingerprint density at radius 2 is 1.89 bits per heavy atom. The van der Waals surface area contributed by atoms with Crippen molar-refractivity contribution in [2.45, 2.75) is 4.90 Å².